The monoisotopic (exact) mass is 482 g/mol. The van der Waals surface area contributed by atoms with Crippen LogP contribution >= 0.6 is 11.3 Å². The van der Waals surface area contributed by atoms with Crippen molar-refractivity contribution in [3.8, 4) is 0 Å². The van der Waals surface area contributed by atoms with Gasteiger partial charge < -0.3 is 10.4 Å². The molecule has 2 N–H and O–H groups in total. The molecule has 3 aromatic carbocycles. The van der Waals surface area contributed by atoms with E-state index in [1.165, 1.54) is 11.3 Å². The van der Waals surface area contributed by atoms with Crippen molar-refractivity contribution in [2.75, 3.05) is 5.32 Å². The third kappa shape index (κ3) is 5.52. The van der Waals surface area contributed by atoms with Gasteiger partial charge in [0.05, 0.1) is 11.3 Å². The number of thiazole rings is 1. The lowest BCUT2D eigenvalue weighted by atomic mass is 9.77. The summed E-state index contributed by atoms with van der Waals surface area (Å²) in [7, 11) is 0. The average molecular weight is 483 g/mol. The fourth-order valence-corrected chi connectivity index (χ4v) is 4.87. The number of hydrogen-bond acceptors (Lipinski definition) is 4. The molecule has 35 heavy (non-hydrogen) atoms. The molecule has 5 heteroatoms. The molecule has 0 aliphatic heterocycles. The molecule has 0 saturated carbocycles. The van der Waals surface area contributed by atoms with Gasteiger partial charge in [0, 0.05) is 5.38 Å². The minimum absolute atomic E-state index is 0.0130. The van der Waals surface area contributed by atoms with E-state index in [0.717, 1.165) is 16.7 Å². The van der Waals surface area contributed by atoms with Crippen LogP contribution < -0.4 is 5.32 Å². The number of benzene rings is 3. The topological polar surface area (TPSA) is 62.2 Å². The predicted octanol–water partition coefficient (Wildman–Crippen LogP) is 7.45. The normalized spacial score (nSPS) is 12.4. The van der Waals surface area contributed by atoms with Gasteiger partial charge in [0.2, 0.25) is 0 Å². The van der Waals surface area contributed by atoms with Crippen molar-refractivity contribution in [3.05, 3.63) is 125 Å². The van der Waals surface area contributed by atoms with Gasteiger partial charge in [0.1, 0.15) is 5.54 Å². The Morgan fingerprint density at radius 3 is 1.71 bits per heavy atom. The molecule has 4 aromatic rings. The maximum Gasteiger partial charge on any atom is 0.337 e. The summed E-state index contributed by atoms with van der Waals surface area (Å²) in [6.07, 6.45) is 2.43. The minimum Gasteiger partial charge on any atom is -0.478 e. The van der Waals surface area contributed by atoms with Crippen molar-refractivity contribution in [3.63, 3.8) is 0 Å². The first-order valence-electron chi connectivity index (χ1n) is 11.6. The number of aromatic nitrogens is 1. The summed E-state index contributed by atoms with van der Waals surface area (Å²) in [6, 6.07) is 30.8. The number of carboxylic acids is 1. The van der Waals surface area contributed by atoms with Gasteiger partial charge in [-0.25, -0.2) is 9.78 Å². The maximum atomic E-state index is 12.1. The Morgan fingerprint density at radius 1 is 0.857 bits per heavy atom. The highest BCUT2D eigenvalue weighted by atomic mass is 32.1. The Labute approximate surface area is 211 Å². The molecule has 0 atom stereocenters. The molecule has 0 radical (unpaired) electrons. The highest BCUT2D eigenvalue weighted by molar-refractivity contribution is 7.13. The van der Waals surface area contributed by atoms with Crippen LogP contribution in [0.15, 0.2) is 102 Å². The van der Waals surface area contributed by atoms with E-state index in [2.05, 4.69) is 62.5 Å². The van der Waals surface area contributed by atoms with E-state index in [0.29, 0.717) is 17.2 Å². The van der Waals surface area contributed by atoms with E-state index >= 15 is 0 Å². The van der Waals surface area contributed by atoms with Gasteiger partial charge in [-0.1, -0.05) is 118 Å². The molecular weight excluding hydrogens is 452 g/mol. The number of nitrogens with zero attached hydrogens (tertiary/aromatic N) is 1. The summed E-state index contributed by atoms with van der Waals surface area (Å²) in [4.78, 5) is 16.8. The van der Waals surface area contributed by atoms with Gasteiger partial charge in [-0.15, -0.1) is 11.3 Å². The average Bonchev–Trinajstić information content (AvgIpc) is 3.31. The lowest BCUT2D eigenvalue weighted by Gasteiger charge is -2.36. The molecule has 1 aromatic heterocycles. The molecule has 0 saturated heterocycles. The summed E-state index contributed by atoms with van der Waals surface area (Å²) in [5.74, 6) is -0.966. The van der Waals surface area contributed by atoms with Crippen molar-refractivity contribution in [2.45, 2.75) is 32.7 Å². The van der Waals surface area contributed by atoms with Crippen LogP contribution in [0.2, 0.25) is 0 Å². The molecule has 1 heterocycles. The summed E-state index contributed by atoms with van der Waals surface area (Å²) >= 11 is 1.41. The SMILES string of the molecule is CC(C)(C)C/C=C(\C(=O)O)c1csc(NC(c2ccccc2)(c2ccccc2)c2ccccc2)n1. The van der Waals surface area contributed by atoms with Crippen LogP contribution in [0.5, 0.6) is 0 Å². The lowest BCUT2D eigenvalue weighted by Crippen LogP contribution is -2.38. The predicted molar refractivity (Wildman–Crippen MR) is 145 cm³/mol. The van der Waals surface area contributed by atoms with E-state index in [1.54, 1.807) is 6.08 Å². The molecular formula is C30H30N2O2S. The molecule has 178 valence electrons. The number of hydrogen-bond donors (Lipinski definition) is 2. The molecule has 0 aliphatic rings. The summed E-state index contributed by atoms with van der Waals surface area (Å²) in [5.41, 5.74) is 3.17. The van der Waals surface area contributed by atoms with E-state index in [-0.39, 0.29) is 11.0 Å². The van der Waals surface area contributed by atoms with Crippen LogP contribution in [0.25, 0.3) is 5.57 Å². The summed E-state index contributed by atoms with van der Waals surface area (Å²) in [5, 5.41) is 16.1. The first kappa shape index (κ1) is 24.4. The maximum absolute atomic E-state index is 12.1. The first-order valence-corrected chi connectivity index (χ1v) is 12.5. The Kier molecular flexibility index (Phi) is 7.17. The second-order valence-electron chi connectivity index (χ2n) is 9.70. The number of nitrogens with one attached hydrogen (secondary N) is 1. The Balaban J connectivity index is 1.84. The second-order valence-corrected chi connectivity index (χ2v) is 10.6. The van der Waals surface area contributed by atoms with Crippen LogP contribution in [0.3, 0.4) is 0 Å². The van der Waals surface area contributed by atoms with Crippen LogP contribution in [0, 0.1) is 5.41 Å². The summed E-state index contributed by atoms with van der Waals surface area (Å²) < 4.78 is 0. The van der Waals surface area contributed by atoms with Crippen molar-refractivity contribution in [1.82, 2.24) is 4.98 Å². The third-order valence-electron chi connectivity index (χ3n) is 5.84. The summed E-state index contributed by atoms with van der Waals surface area (Å²) in [6.45, 7) is 6.26. The molecule has 4 nitrogen and oxygen atoms in total. The standard InChI is InChI=1S/C30H30N2O2S/c1-29(2,3)20-19-25(27(33)34)26-21-35-28(31-26)32-30(22-13-7-4-8-14-22,23-15-9-5-10-16-23)24-17-11-6-12-18-24/h4-19,21H,20H2,1-3H3,(H,31,32)(H,33,34)/b25-19-. The third-order valence-corrected chi connectivity index (χ3v) is 6.60. The van der Waals surface area contributed by atoms with Crippen LogP contribution in [0.1, 0.15) is 49.6 Å². The molecule has 0 aliphatic carbocycles. The molecule has 4 rings (SSSR count). The van der Waals surface area contributed by atoms with Gasteiger partial charge >= 0.3 is 5.97 Å². The number of allylic oxidation sites excluding steroid dienone is 1. The zero-order valence-electron chi connectivity index (χ0n) is 20.2. The molecule has 0 unspecified atom stereocenters. The zero-order chi connectivity index (χ0) is 24.9. The van der Waals surface area contributed by atoms with E-state index in [1.807, 2.05) is 60.0 Å². The van der Waals surface area contributed by atoms with Crippen LogP contribution in [-0.2, 0) is 10.3 Å². The van der Waals surface area contributed by atoms with Gasteiger partial charge in [-0.05, 0) is 28.5 Å². The number of carboxylic acid groups (broad SMARTS) is 1. The van der Waals surface area contributed by atoms with Gasteiger partial charge in [-0.3, -0.25) is 0 Å². The Bertz CT molecular complexity index is 1190. The number of rotatable bonds is 8. The van der Waals surface area contributed by atoms with Gasteiger partial charge in [-0.2, -0.15) is 0 Å². The van der Waals surface area contributed by atoms with Crippen molar-refractivity contribution in [2.24, 2.45) is 5.41 Å². The molecule has 0 amide bonds. The van der Waals surface area contributed by atoms with Crippen molar-refractivity contribution >= 4 is 28.0 Å². The van der Waals surface area contributed by atoms with Crippen molar-refractivity contribution in [1.29, 1.82) is 0 Å². The van der Waals surface area contributed by atoms with Gasteiger partial charge in [0.25, 0.3) is 0 Å². The highest BCUT2D eigenvalue weighted by Crippen LogP contribution is 2.41. The van der Waals surface area contributed by atoms with Gasteiger partial charge in [0.15, 0.2) is 5.13 Å². The van der Waals surface area contributed by atoms with E-state index in [9.17, 15) is 9.90 Å². The number of aliphatic carboxylic acids is 1. The number of anilines is 1. The fraction of sp³-hybridized carbons (Fsp3) is 0.200. The molecule has 0 bridgehead atoms. The lowest BCUT2D eigenvalue weighted by molar-refractivity contribution is -0.130. The minimum atomic E-state index is -0.966. The highest BCUT2D eigenvalue weighted by Gasteiger charge is 2.37. The molecule has 0 spiro atoms. The molecule has 0 fully saturated rings. The quantitative estimate of drug-likeness (QED) is 0.202. The van der Waals surface area contributed by atoms with E-state index < -0.39 is 11.5 Å². The zero-order valence-corrected chi connectivity index (χ0v) is 21.0. The van der Waals surface area contributed by atoms with Crippen LogP contribution in [0.4, 0.5) is 5.13 Å². The first-order chi connectivity index (χ1) is 16.8. The largest absolute Gasteiger partial charge is 0.478 e. The second kappa shape index (κ2) is 10.3. The van der Waals surface area contributed by atoms with E-state index in [4.69, 9.17) is 4.98 Å². The smallest absolute Gasteiger partial charge is 0.337 e. The Hall–Kier alpha value is -3.70. The number of carbonyl (C=O) groups is 1. The fourth-order valence-electron chi connectivity index (χ4n) is 4.11. The Morgan fingerprint density at radius 2 is 1.31 bits per heavy atom. The van der Waals surface area contributed by atoms with Crippen molar-refractivity contribution < 1.29 is 9.90 Å². The van der Waals surface area contributed by atoms with Crippen LogP contribution in [-0.4, -0.2) is 16.1 Å².